The Balaban J connectivity index is 0.00000243. The Bertz CT molecular complexity index is 842. The number of nitrogens with one attached hydrogen (secondary N) is 1. The first-order valence-electron chi connectivity index (χ1n) is 8.12. The van der Waals surface area contributed by atoms with Crippen molar-refractivity contribution in [3.63, 3.8) is 0 Å². The normalized spacial score (nSPS) is 17.4. The van der Waals surface area contributed by atoms with Crippen LogP contribution in [0, 0.1) is 0 Å². The van der Waals surface area contributed by atoms with E-state index >= 15 is 0 Å². The molecule has 1 atom stereocenters. The second-order valence-electron chi connectivity index (χ2n) is 6.27. The van der Waals surface area contributed by atoms with Crippen molar-refractivity contribution in [2.75, 3.05) is 25.9 Å². The van der Waals surface area contributed by atoms with E-state index in [0.717, 1.165) is 12.1 Å². The zero-order valence-electron chi connectivity index (χ0n) is 14.5. The first kappa shape index (κ1) is 20.4. The summed E-state index contributed by atoms with van der Waals surface area (Å²) in [4.78, 5) is 18.9. The van der Waals surface area contributed by atoms with Gasteiger partial charge in [0.2, 0.25) is 0 Å². The van der Waals surface area contributed by atoms with Crippen molar-refractivity contribution in [2.45, 2.75) is 11.8 Å². The second-order valence-corrected chi connectivity index (χ2v) is 8.41. The van der Waals surface area contributed by atoms with Crippen LogP contribution in [0.2, 0.25) is 0 Å². The first-order chi connectivity index (χ1) is 11.9. The van der Waals surface area contributed by atoms with Gasteiger partial charge in [0, 0.05) is 43.8 Å². The summed E-state index contributed by atoms with van der Waals surface area (Å²) in [5.41, 5.74) is 2.24. The second kappa shape index (κ2) is 8.62. The molecule has 2 aromatic rings. The van der Waals surface area contributed by atoms with Gasteiger partial charge in [-0.25, -0.2) is 8.42 Å². The molecule has 0 saturated carbocycles. The Morgan fingerprint density at radius 3 is 2.62 bits per heavy atom. The fraction of sp³-hybridized carbons (Fsp3) is 0.333. The molecule has 1 aromatic carbocycles. The summed E-state index contributed by atoms with van der Waals surface area (Å²) in [6.07, 6.45) is 4.70. The topological polar surface area (TPSA) is 79.4 Å². The highest BCUT2D eigenvalue weighted by Crippen LogP contribution is 2.23. The van der Waals surface area contributed by atoms with E-state index in [1.807, 2.05) is 17.0 Å². The van der Waals surface area contributed by atoms with Gasteiger partial charge >= 0.3 is 0 Å². The fourth-order valence-electron chi connectivity index (χ4n) is 3.03. The maximum atomic E-state index is 12.9. The Morgan fingerprint density at radius 2 is 2.00 bits per heavy atom. The van der Waals surface area contributed by atoms with Crippen molar-refractivity contribution in [2.24, 2.45) is 0 Å². The third-order valence-electron chi connectivity index (χ3n) is 4.20. The van der Waals surface area contributed by atoms with E-state index < -0.39 is 9.84 Å². The molecule has 0 bridgehead atoms. The van der Waals surface area contributed by atoms with Gasteiger partial charge in [-0.1, -0.05) is 18.2 Å². The van der Waals surface area contributed by atoms with Crippen molar-refractivity contribution in [3.8, 4) is 0 Å². The lowest BCUT2D eigenvalue weighted by Crippen LogP contribution is -2.48. The van der Waals surface area contributed by atoms with Gasteiger partial charge in [0.25, 0.3) is 5.91 Å². The van der Waals surface area contributed by atoms with Crippen molar-refractivity contribution in [1.82, 2.24) is 15.2 Å². The van der Waals surface area contributed by atoms with Gasteiger partial charge in [-0.2, -0.15) is 0 Å². The monoisotopic (exact) mass is 395 g/mol. The van der Waals surface area contributed by atoms with Gasteiger partial charge in [-0.3, -0.25) is 9.78 Å². The highest BCUT2D eigenvalue weighted by molar-refractivity contribution is 7.89. The molecule has 1 saturated heterocycles. The van der Waals surface area contributed by atoms with Crippen LogP contribution in [0.3, 0.4) is 0 Å². The molecular weight excluding hydrogens is 374 g/mol. The molecule has 1 aliphatic rings. The molecule has 0 aliphatic carbocycles. The predicted octanol–water partition coefficient (Wildman–Crippen LogP) is 1.83. The molecule has 1 unspecified atom stereocenters. The lowest BCUT2D eigenvalue weighted by molar-refractivity contribution is 0.0634. The number of hydrogen-bond acceptors (Lipinski definition) is 5. The molecule has 1 fully saturated rings. The number of carbonyl (C=O) groups excluding carboxylic acids is 1. The smallest absolute Gasteiger partial charge is 0.254 e. The molecule has 1 N–H and O–H groups in total. The maximum absolute atomic E-state index is 12.9. The summed E-state index contributed by atoms with van der Waals surface area (Å²) in [6, 6.07) is 10.6. The van der Waals surface area contributed by atoms with Crippen LogP contribution in [-0.4, -0.2) is 50.1 Å². The Hall–Kier alpha value is -1.96. The zero-order chi connectivity index (χ0) is 17.9. The van der Waals surface area contributed by atoms with Crippen molar-refractivity contribution < 1.29 is 13.2 Å². The highest BCUT2D eigenvalue weighted by atomic mass is 35.5. The molecule has 140 valence electrons. The van der Waals surface area contributed by atoms with Crippen LogP contribution in [-0.2, 0) is 15.6 Å². The van der Waals surface area contributed by atoms with E-state index in [-0.39, 0.29) is 30.1 Å². The van der Waals surface area contributed by atoms with E-state index in [1.54, 1.807) is 36.7 Å². The van der Waals surface area contributed by atoms with Crippen LogP contribution in [0.5, 0.6) is 0 Å². The third-order valence-corrected chi connectivity index (χ3v) is 5.06. The van der Waals surface area contributed by atoms with Gasteiger partial charge < -0.3 is 10.2 Å². The summed E-state index contributed by atoms with van der Waals surface area (Å²) < 4.78 is 22.8. The maximum Gasteiger partial charge on any atom is 0.254 e. The Kier molecular flexibility index (Phi) is 6.75. The highest BCUT2D eigenvalue weighted by Gasteiger charge is 2.28. The average molecular weight is 396 g/mol. The number of aromatic nitrogens is 1. The van der Waals surface area contributed by atoms with Crippen LogP contribution >= 0.6 is 12.4 Å². The lowest BCUT2D eigenvalue weighted by atomic mass is 10.0. The number of nitrogens with zero attached hydrogens (tertiary/aromatic N) is 2. The van der Waals surface area contributed by atoms with Crippen molar-refractivity contribution in [3.05, 3.63) is 65.5 Å². The summed E-state index contributed by atoms with van der Waals surface area (Å²) in [6.45, 7) is 2.04. The minimum atomic E-state index is -3.09. The van der Waals surface area contributed by atoms with Crippen molar-refractivity contribution >= 4 is 28.2 Å². The molecule has 3 rings (SSSR count). The van der Waals surface area contributed by atoms with Gasteiger partial charge in [-0.15, -0.1) is 12.4 Å². The number of hydrogen-bond donors (Lipinski definition) is 1. The number of halogens is 1. The van der Waals surface area contributed by atoms with Crippen molar-refractivity contribution in [1.29, 1.82) is 0 Å². The molecule has 1 amide bonds. The predicted molar refractivity (Wildman–Crippen MR) is 103 cm³/mol. The first-order valence-corrected chi connectivity index (χ1v) is 10.2. The van der Waals surface area contributed by atoms with E-state index in [4.69, 9.17) is 0 Å². The minimum Gasteiger partial charge on any atom is -0.329 e. The number of pyridine rings is 1. The van der Waals surface area contributed by atoms with Gasteiger partial charge in [0.1, 0.15) is 0 Å². The summed E-state index contributed by atoms with van der Waals surface area (Å²) in [5.74, 6) is -0.0748. The summed E-state index contributed by atoms with van der Waals surface area (Å²) in [7, 11) is -3.09. The Morgan fingerprint density at radius 1 is 1.27 bits per heavy atom. The number of sulfone groups is 1. The van der Waals surface area contributed by atoms with E-state index in [9.17, 15) is 13.2 Å². The van der Waals surface area contributed by atoms with Crippen LogP contribution in [0.15, 0.2) is 48.8 Å². The van der Waals surface area contributed by atoms with E-state index in [2.05, 4.69) is 10.3 Å². The number of benzene rings is 1. The molecule has 1 aliphatic heterocycles. The van der Waals surface area contributed by atoms with Gasteiger partial charge in [0.05, 0.1) is 11.8 Å². The largest absolute Gasteiger partial charge is 0.329 e. The molecule has 0 radical (unpaired) electrons. The molecule has 2 heterocycles. The third kappa shape index (κ3) is 5.03. The molecule has 6 nitrogen and oxygen atoms in total. The van der Waals surface area contributed by atoms with Gasteiger partial charge in [0.15, 0.2) is 9.84 Å². The molecule has 0 spiro atoms. The number of carbonyl (C=O) groups is 1. The van der Waals surface area contributed by atoms with E-state index in [0.29, 0.717) is 24.2 Å². The molecule has 1 aromatic heterocycles. The molecule has 8 heteroatoms. The zero-order valence-corrected chi connectivity index (χ0v) is 16.1. The molecular formula is C18H22ClN3O3S. The average Bonchev–Trinajstić information content (AvgIpc) is 2.61. The van der Waals surface area contributed by atoms with Crippen LogP contribution in [0.25, 0.3) is 0 Å². The number of piperazine rings is 1. The Labute approximate surface area is 160 Å². The summed E-state index contributed by atoms with van der Waals surface area (Å²) in [5, 5.41) is 3.32. The molecule has 26 heavy (non-hydrogen) atoms. The summed E-state index contributed by atoms with van der Waals surface area (Å²) >= 11 is 0. The van der Waals surface area contributed by atoms with Crippen LogP contribution in [0.1, 0.15) is 27.5 Å². The standard InChI is InChI=1S/C18H21N3O3S.ClH/c1-25(23,24)13-14-4-6-15(7-5-14)18(22)21-10-9-20-12-17(21)16-3-2-8-19-11-16;/h2-8,11,17,20H,9-10,12-13H2,1H3;1H. The quantitative estimate of drug-likeness (QED) is 0.854. The minimum absolute atomic E-state index is 0. The SMILES string of the molecule is CS(=O)(=O)Cc1ccc(C(=O)N2CCNCC2c2cccnc2)cc1.Cl. The lowest BCUT2D eigenvalue weighted by Gasteiger charge is -2.36. The van der Waals surface area contributed by atoms with Crippen LogP contribution in [0.4, 0.5) is 0 Å². The fourth-order valence-corrected chi connectivity index (χ4v) is 3.83. The number of amides is 1. The number of rotatable bonds is 4. The van der Waals surface area contributed by atoms with E-state index in [1.165, 1.54) is 6.26 Å². The van der Waals surface area contributed by atoms with Gasteiger partial charge in [-0.05, 0) is 29.3 Å². The van der Waals surface area contributed by atoms with Crippen LogP contribution < -0.4 is 5.32 Å².